The first-order chi connectivity index (χ1) is 3.68. The van der Waals surface area contributed by atoms with Gasteiger partial charge in [0.25, 0.3) is 5.91 Å². The lowest BCUT2D eigenvalue weighted by molar-refractivity contribution is -0.116. The molecule has 5 heteroatoms. The van der Waals surface area contributed by atoms with Crippen LogP contribution in [-0.2, 0) is 13.9 Å². The zero-order chi connectivity index (χ0) is 6.57. The quantitative estimate of drug-likeness (QED) is 0.340. The van der Waals surface area contributed by atoms with Gasteiger partial charge in [0.05, 0.1) is 0 Å². The van der Waals surface area contributed by atoms with Gasteiger partial charge in [-0.05, 0) is 6.58 Å². The van der Waals surface area contributed by atoms with E-state index in [0.29, 0.717) is 0 Å². The van der Waals surface area contributed by atoms with Crippen molar-refractivity contribution in [3.63, 3.8) is 0 Å². The molecule has 0 aliphatic carbocycles. The van der Waals surface area contributed by atoms with Crippen LogP contribution in [0.3, 0.4) is 0 Å². The second-order valence-corrected chi connectivity index (χ2v) is 1.28. The fraction of sp³-hybridized carbons (Fsp3) is 0. The smallest absolute Gasteiger partial charge is 0.396 e. The van der Waals surface area contributed by atoms with E-state index in [2.05, 4.69) is 16.8 Å². The van der Waals surface area contributed by atoms with E-state index >= 15 is 0 Å². The number of carbonyl (C=O) groups excluding carboxylic acids is 1. The third-order valence-electron chi connectivity index (χ3n) is 0.422. The molecule has 0 bridgehead atoms. The van der Waals surface area contributed by atoms with E-state index in [1.807, 2.05) is 0 Å². The molecule has 0 aliphatic heterocycles. The predicted molar refractivity (Wildman–Crippen MR) is 27.0 cm³/mol. The third kappa shape index (κ3) is 2.31. The molecule has 0 rings (SSSR count). The molecule has 0 saturated carbocycles. The SMILES string of the molecule is C=C(OP=O)C(N)=O. The van der Waals surface area contributed by atoms with E-state index in [4.69, 9.17) is 0 Å². The average molecular weight is 133 g/mol. The molecule has 0 aromatic carbocycles. The van der Waals surface area contributed by atoms with Crippen LogP contribution in [0, 0.1) is 0 Å². The number of rotatable bonds is 3. The summed E-state index contributed by atoms with van der Waals surface area (Å²) < 4.78 is 13.6. The lowest BCUT2D eigenvalue weighted by Crippen LogP contribution is -2.12. The molecule has 0 saturated heterocycles. The molecule has 44 valence electrons. The first-order valence-electron chi connectivity index (χ1n) is 1.67. The molecule has 0 radical (unpaired) electrons. The molecule has 1 amide bonds. The van der Waals surface area contributed by atoms with Crippen molar-refractivity contribution in [2.24, 2.45) is 5.73 Å². The van der Waals surface area contributed by atoms with Crippen LogP contribution >= 0.6 is 8.69 Å². The maximum atomic E-state index is 9.94. The van der Waals surface area contributed by atoms with Gasteiger partial charge in [-0.3, -0.25) is 4.79 Å². The number of hydrogen-bond donors (Lipinski definition) is 1. The number of carbonyl (C=O) groups is 1. The van der Waals surface area contributed by atoms with Crippen molar-refractivity contribution in [2.45, 2.75) is 0 Å². The Kier molecular flexibility index (Phi) is 2.80. The van der Waals surface area contributed by atoms with Crippen molar-refractivity contribution < 1.29 is 13.9 Å². The molecule has 0 aliphatic rings. The minimum Gasteiger partial charge on any atom is -0.402 e. The summed E-state index contributed by atoms with van der Waals surface area (Å²) in [5, 5.41) is 0. The van der Waals surface area contributed by atoms with Crippen molar-refractivity contribution in [1.29, 1.82) is 0 Å². The summed E-state index contributed by atoms with van der Waals surface area (Å²) in [6, 6.07) is 0. The van der Waals surface area contributed by atoms with Crippen LogP contribution in [0.1, 0.15) is 0 Å². The maximum Gasteiger partial charge on any atom is 0.396 e. The summed E-state index contributed by atoms with van der Waals surface area (Å²) >= 11 is 0. The molecule has 4 nitrogen and oxygen atoms in total. The highest BCUT2D eigenvalue weighted by Gasteiger charge is 1.99. The van der Waals surface area contributed by atoms with Crippen LogP contribution in [0.5, 0.6) is 0 Å². The van der Waals surface area contributed by atoms with E-state index in [1.54, 1.807) is 0 Å². The molecule has 0 aromatic rings. The fourth-order valence-electron chi connectivity index (χ4n) is 0.0900. The van der Waals surface area contributed by atoms with Crippen molar-refractivity contribution in [3.05, 3.63) is 12.3 Å². The predicted octanol–water partition coefficient (Wildman–Crippen LogP) is 0.209. The summed E-state index contributed by atoms with van der Waals surface area (Å²) in [6.07, 6.45) is 0. The Bertz CT molecular complexity index is 132. The molecule has 0 aromatic heterocycles. The van der Waals surface area contributed by atoms with Crippen LogP contribution in [0.4, 0.5) is 0 Å². The lowest BCUT2D eigenvalue weighted by atomic mass is 10.6. The molecule has 8 heavy (non-hydrogen) atoms. The summed E-state index contributed by atoms with van der Waals surface area (Å²) in [6.45, 7) is 3.04. The van der Waals surface area contributed by atoms with Gasteiger partial charge in [0.2, 0.25) is 0 Å². The first-order valence-corrected chi connectivity index (χ1v) is 2.40. The second-order valence-electron chi connectivity index (χ2n) is 0.953. The average Bonchev–Trinajstić information content (AvgIpc) is 1.67. The number of amides is 1. The van der Waals surface area contributed by atoms with Crippen molar-refractivity contribution >= 4 is 14.6 Å². The van der Waals surface area contributed by atoms with Gasteiger partial charge in [0, 0.05) is 0 Å². The van der Waals surface area contributed by atoms with Crippen LogP contribution in [0.15, 0.2) is 12.3 Å². The van der Waals surface area contributed by atoms with Crippen molar-refractivity contribution in [1.82, 2.24) is 0 Å². The Morgan fingerprint density at radius 1 is 1.75 bits per heavy atom. The topological polar surface area (TPSA) is 69.4 Å². The van der Waals surface area contributed by atoms with Crippen molar-refractivity contribution in [2.75, 3.05) is 0 Å². The van der Waals surface area contributed by atoms with Gasteiger partial charge in [-0.25, -0.2) is 4.57 Å². The van der Waals surface area contributed by atoms with Gasteiger partial charge in [0.15, 0.2) is 5.76 Å². The molecular weight excluding hydrogens is 129 g/mol. The van der Waals surface area contributed by atoms with Crippen LogP contribution in [0.25, 0.3) is 0 Å². The van der Waals surface area contributed by atoms with E-state index in [0.717, 1.165) is 0 Å². The standard InChI is InChI=1S/C3H4NO3P/c1-2(3(4)5)7-8-6/h1H2,(H2,4,5). The lowest BCUT2D eigenvalue weighted by Gasteiger charge is -1.90. The van der Waals surface area contributed by atoms with Crippen LogP contribution in [-0.4, -0.2) is 5.91 Å². The van der Waals surface area contributed by atoms with Gasteiger partial charge < -0.3 is 10.3 Å². The summed E-state index contributed by atoms with van der Waals surface area (Å²) in [5.74, 6) is -1.12. The number of nitrogens with two attached hydrogens (primary N) is 1. The monoisotopic (exact) mass is 133 g/mol. The number of primary amides is 1. The Hall–Kier alpha value is -0.890. The Labute approximate surface area is 47.6 Å². The van der Waals surface area contributed by atoms with Gasteiger partial charge in [-0.15, -0.1) is 0 Å². The maximum absolute atomic E-state index is 9.94. The normalized spacial score (nSPS) is 8.50. The van der Waals surface area contributed by atoms with E-state index in [-0.39, 0.29) is 5.76 Å². The first kappa shape index (κ1) is 7.11. The minimum atomic E-state index is -0.812. The van der Waals surface area contributed by atoms with Gasteiger partial charge in [-0.1, -0.05) is 0 Å². The Balaban J connectivity index is 3.65. The van der Waals surface area contributed by atoms with Gasteiger partial charge in [-0.2, -0.15) is 0 Å². The summed E-state index contributed by atoms with van der Waals surface area (Å²) in [5.41, 5.74) is 4.62. The zero-order valence-electron chi connectivity index (χ0n) is 3.96. The van der Waals surface area contributed by atoms with Crippen LogP contribution < -0.4 is 5.73 Å². The van der Waals surface area contributed by atoms with E-state index in [1.165, 1.54) is 0 Å². The highest BCUT2D eigenvalue weighted by atomic mass is 31.1. The molecule has 0 fully saturated rings. The largest absolute Gasteiger partial charge is 0.402 e. The van der Waals surface area contributed by atoms with E-state index < -0.39 is 14.6 Å². The molecular formula is C3H4NO3P. The third-order valence-corrected chi connectivity index (χ3v) is 0.717. The van der Waals surface area contributed by atoms with E-state index in [9.17, 15) is 9.36 Å². The Morgan fingerprint density at radius 3 is 2.38 bits per heavy atom. The van der Waals surface area contributed by atoms with Crippen molar-refractivity contribution in [3.8, 4) is 0 Å². The number of hydrogen-bond acceptors (Lipinski definition) is 3. The fourth-order valence-corrected chi connectivity index (χ4v) is 0.270. The summed E-state index contributed by atoms with van der Waals surface area (Å²) in [4.78, 5) is 9.94. The highest BCUT2D eigenvalue weighted by molar-refractivity contribution is 7.17. The molecule has 0 unspecified atom stereocenters. The molecule has 0 heterocycles. The molecule has 2 N–H and O–H groups in total. The Morgan fingerprint density at radius 2 is 2.25 bits per heavy atom. The zero-order valence-corrected chi connectivity index (χ0v) is 4.85. The second kappa shape index (κ2) is 3.16. The molecule has 0 spiro atoms. The summed E-state index contributed by atoms with van der Waals surface area (Å²) in [7, 11) is -0.616. The molecule has 0 atom stereocenters. The highest BCUT2D eigenvalue weighted by Crippen LogP contribution is 2.02. The van der Waals surface area contributed by atoms with Gasteiger partial charge >= 0.3 is 8.69 Å². The van der Waals surface area contributed by atoms with Crippen LogP contribution in [0.2, 0.25) is 0 Å². The minimum absolute atomic E-state index is 0.304. The van der Waals surface area contributed by atoms with Gasteiger partial charge in [0.1, 0.15) is 0 Å².